The quantitative estimate of drug-likeness (QED) is 0.268. The van der Waals surface area contributed by atoms with E-state index in [1.165, 1.54) is 0 Å². The third kappa shape index (κ3) is 2.35. The number of alkyl halides is 1. The second kappa shape index (κ2) is 4.13. The van der Waals surface area contributed by atoms with E-state index in [0.717, 1.165) is 0 Å². The van der Waals surface area contributed by atoms with Gasteiger partial charge in [0.1, 0.15) is 0 Å². The van der Waals surface area contributed by atoms with Gasteiger partial charge in [0.25, 0.3) is 0 Å². The molecule has 0 saturated heterocycles. The smallest absolute Gasteiger partial charge is 0.285 e. The molecule has 1 atom stereocenters. The van der Waals surface area contributed by atoms with Crippen LogP contribution in [0.3, 0.4) is 0 Å². The van der Waals surface area contributed by atoms with Crippen molar-refractivity contribution >= 4 is 21.7 Å². The molecule has 0 spiro atoms. The average Bonchev–Trinajstić information content (AvgIpc) is 2.17. The lowest BCUT2D eigenvalue weighted by atomic mass is 10.1. The SMILES string of the molecule is O=C(c1ccccc1)C(Br)[N+](=O)[O-]. The Morgan fingerprint density at radius 2 is 1.92 bits per heavy atom. The van der Waals surface area contributed by atoms with E-state index in [1.807, 2.05) is 0 Å². The summed E-state index contributed by atoms with van der Waals surface area (Å²) >= 11 is 2.70. The van der Waals surface area contributed by atoms with Crippen molar-refractivity contribution in [1.82, 2.24) is 0 Å². The second-order valence-corrected chi connectivity index (χ2v) is 3.22. The summed E-state index contributed by atoms with van der Waals surface area (Å²) in [6.07, 6.45) is 0. The third-order valence-corrected chi connectivity index (χ3v) is 2.21. The number of Topliss-reactive ketones (excluding diaryl/α,β-unsaturated/α-hetero) is 1. The van der Waals surface area contributed by atoms with E-state index in [2.05, 4.69) is 15.9 Å². The lowest BCUT2D eigenvalue weighted by Gasteiger charge is -2.00. The van der Waals surface area contributed by atoms with E-state index in [-0.39, 0.29) is 0 Å². The Morgan fingerprint density at radius 1 is 1.38 bits per heavy atom. The highest BCUT2D eigenvalue weighted by Gasteiger charge is 2.26. The number of carbonyl (C=O) groups is 1. The molecule has 1 unspecified atom stereocenters. The molecule has 0 amide bonds. The number of hydrogen-bond acceptors (Lipinski definition) is 3. The number of benzene rings is 1. The van der Waals surface area contributed by atoms with Gasteiger partial charge in [0.2, 0.25) is 5.78 Å². The summed E-state index contributed by atoms with van der Waals surface area (Å²) in [4.78, 5) is 19.5. The molecule has 0 aromatic heterocycles. The maximum atomic E-state index is 11.3. The first-order valence-electron chi connectivity index (χ1n) is 3.50. The van der Waals surface area contributed by atoms with Crippen LogP contribution in [0.4, 0.5) is 0 Å². The summed E-state index contributed by atoms with van der Waals surface area (Å²) < 4.78 is 0. The van der Waals surface area contributed by atoms with Crippen molar-refractivity contribution in [3.05, 3.63) is 46.0 Å². The summed E-state index contributed by atoms with van der Waals surface area (Å²) in [5.74, 6) is -0.536. The van der Waals surface area contributed by atoms with Gasteiger partial charge in [-0.1, -0.05) is 30.3 Å². The monoisotopic (exact) mass is 243 g/mol. The molecule has 68 valence electrons. The Balaban J connectivity index is 2.86. The summed E-state index contributed by atoms with van der Waals surface area (Å²) in [7, 11) is 0. The summed E-state index contributed by atoms with van der Waals surface area (Å²) in [5, 5.41) is 10.3. The maximum Gasteiger partial charge on any atom is 0.327 e. The average molecular weight is 244 g/mol. The summed E-state index contributed by atoms with van der Waals surface area (Å²) in [6.45, 7) is 0. The molecule has 0 N–H and O–H groups in total. The van der Waals surface area contributed by atoms with Crippen LogP contribution in [0.5, 0.6) is 0 Å². The van der Waals surface area contributed by atoms with Crippen molar-refractivity contribution < 1.29 is 9.72 Å². The van der Waals surface area contributed by atoms with E-state index >= 15 is 0 Å². The first-order valence-corrected chi connectivity index (χ1v) is 4.41. The summed E-state index contributed by atoms with van der Waals surface area (Å²) in [6, 6.07) is 8.15. The first kappa shape index (κ1) is 9.85. The van der Waals surface area contributed by atoms with Crippen LogP contribution in [0.25, 0.3) is 0 Å². The molecule has 0 bridgehead atoms. The highest BCUT2D eigenvalue weighted by atomic mass is 79.9. The van der Waals surface area contributed by atoms with Crippen LogP contribution >= 0.6 is 15.9 Å². The molecule has 1 aromatic carbocycles. The van der Waals surface area contributed by atoms with Gasteiger partial charge in [-0.3, -0.25) is 14.9 Å². The minimum atomic E-state index is -1.35. The minimum Gasteiger partial charge on any atom is -0.285 e. The van der Waals surface area contributed by atoms with Gasteiger partial charge in [-0.05, 0) is 0 Å². The fraction of sp³-hybridized carbons (Fsp3) is 0.125. The molecular formula is C8H6BrNO3. The van der Waals surface area contributed by atoms with Crippen molar-refractivity contribution in [3.8, 4) is 0 Å². The number of hydrogen-bond donors (Lipinski definition) is 0. The van der Waals surface area contributed by atoms with Crippen LogP contribution in [0.2, 0.25) is 0 Å². The van der Waals surface area contributed by atoms with Crippen LogP contribution in [-0.2, 0) is 0 Å². The van der Waals surface area contributed by atoms with Gasteiger partial charge in [-0.2, -0.15) is 0 Å². The Hall–Kier alpha value is -1.23. The Kier molecular flexibility index (Phi) is 3.13. The molecule has 13 heavy (non-hydrogen) atoms. The number of nitro groups is 1. The van der Waals surface area contributed by atoms with Crippen LogP contribution in [-0.4, -0.2) is 15.7 Å². The highest BCUT2D eigenvalue weighted by Crippen LogP contribution is 2.10. The van der Waals surface area contributed by atoms with Gasteiger partial charge < -0.3 is 0 Å². The number of carbonyl (C=O) groups excluding carboxylic acids is 1. The molecule has 1 rings (SSSR count). The van der Waals surface area contributed by atoms with Crippen LogP contribution in [0, 0.1) is 10.1 Å². The molecule has 0 heterocycles. The molecule has 0 saturated carbocycles. The number of halogens is 1. The van der Waals surface area contributed by atoms with Crippen LogP contribution in [0.15, 0.2) is 30.3 Å². The molecule has 1 aromatic rings. The van der Waals surface area contributed by atoms with Gasteiger partial charge in [-0.15, -0.1) is 0 Å². The zero-order valence-electron chi connectivity index (χ0n) is 6.51. The van der Waals surface area contributed by atoms with Crippen molar-refractivity contribution in [2.24, 2.45) is 0 Å². The minimum absolute atomic E-state index is 0.334. The van der Waals surface area contributed by atoms with Gasteiger partial charge in [-0.25, -0.2) is 0 Å². The highest BCUT2D eigenvalue weighted by molar-refractivity contribution is 9.09. The van der Waals surface area contributed by atoms with Crippen molar-refractivity contribution in [1.29, 1.82) is 0 Å². The molecule has 0 aliphatic heterocycles. The third-order valence-electron chi connectivity index (χ3n) is 1.46. The summed E-state index contributed by atoms with van der Waals surface area (Å²) in [5.41, 5.74) is 0.334. The normalized spacial score (nSPS) is 12.1. The molecule has 0 aliphatic rings. The number of ketones is 1. The van der Waals surface area contributed by atoms with Crippen molar-refractivity contribution in [2.75, 3.05) is 0 Å². The zero-order valence-corrected chi connectivity index (χ0v) is 8.10. The lowest BCUT2D eigenvalue weighted by Crippen LogP contribution is -2.22. The maximum absolute atomic E-state index is 11.3. The number of rotatable bonds is 3. The topological polar surface area (TPSA) is 60.2 Å². The number of nitrogens with zero attached hydrogens (tertiary/aromatic N) is 1. The van der Waals surface area contributed by atoms with E-state index in [1.54, 1.807) is 30.3 Å². The molecular weight excluding hydrogens is 238 g/mol. The molecule has 0 aliphatic carbocycles. The van der Waals surface area contributed by atoms with E-state index in [4.69, 9.17) is 0 Å². The Bertz CT molecular complexity index is 325. The van der Waals surface area contributed by atoms with Crippen molar-refractivity contribution in [3.63, 3.8) is 0 Å². The van der Waals surface area contributed by atoms with Crippen LogP contribution in [0.1, 0.15) is 10.4 Å². The molecule has 0 radical (unpaired) electrons. The van der Waals surface area contributed by atoms with E-state index in [9.17, 15) is 14.9 Å². The standard InChI is InChI=1S/C8H6BrNO3/c9-8(10(12)13)7(11)6-4-2-1-3-5-6/h1-5,8H. The second-order valence-electron chi connectivity index (χ2n) is 2.35. The Morgan fingerprint density at radius 3 is 2.38 bits per heavy atom. The fourth-order valence-electron chi connectivity index (χ4n) is 0.836. The lowest BCUT2D eigenvalue weighted by molar-refractivity contribution is -0.477. The van der Waals surface area contributed by atoms with Gasteiger partial charge in [0.15, 0.2) is 0 Å². The zero-order chi connectivity index (χ0) is 9.84. The van der Waals surface area contributed by atoms with Gasteiger partial charge in [0.05, 0.1) is 0 Å². The molecule has 0 fully saturated rings. The van der Waals surface area contributed by atoms with Crippen molar-refractivity contribution in [2.45, 2.75) is 4.95 Å². The first-order chi connectivity index (χ1) is 6.13. The largest absolute Gasteiger partial charge is 0.327 e. The van der Waals surface area contributed by atoms with Crippen LogP contribution < -0.4 is 0 Å². The predicted octanol–water partition coefficient (Wildman–Crippen LogP) is 1.87. The fourth-order valence-corrected chi connectivity index (χ4v) is 1.10. The Labute approximate surface area is 82.8 Å². The van der Waals surface area contributed by atoms with Gasteiger partial charge in [0, 0.05) is 26.4 Å². The van der Waals surface area contributed by atoms with E-state index in [0.29, 0.717) is 5.56 Å². The van der Waals surface area contributed by atoms with Gasteiger partial charge >= 0.3 is 4.95 Å². The predicted molar refractivity (Wildman–Crippen MR) is 50.5 cm³/mol. The molecule has 4 nitrogen and oxygen atoms in total. The molecule has 5 heteroatoms. The van der Waals surface area contributed by atoms with E-state index < -0.39 is 15.7 Å².